The van der Waals surface area contributed by atoms with Crippen LogP contribution in [0.2, 0.25) is 0 Å². The lowest BCUT2D eigenvalue weighted by molar-refractivity contribution is -0.123. The van der Waals surface area contributed by atoms with E-state index in [9.17, 15) is 22.8 Å². The molecule has 0 fully saturated rings. The second-order valence-electron chi connectivity index (χ2n) is 6.90. The molecule has 1 aromatic rings. The third-order valence-electron chi connectivity index (χ3n) is 3.33. The minimum Gasteiger partial charge on any atom is -0.444 e. The van der Waals surface area contributed by atoms with Crippen LogP contribution in [0, 0.1) is 0 Å². The number of nitrogens with one attached hydrogen (secondary N) is 3. The van der Waals surface area contributed by atoms with Crippen molar-refractivity contribution >= 4 is 33.7 Å². The molecule has 3 amide bonds. The molecule has 156 valence electrons. The molecule has 4 N–H and O–H groups in total. The fraction of sp³-hybridized carbons (Fsp3) is 0.471. The zero-order chi connectivity index (χ0) is 21.5. The average Bonchev–Trinajstić information content (AvgIpc) is 2.55. The van der Waals surface area contributed by atoms with Crippen molar-refractivity contribution < 1.29 is 32.1 Å². The zero-order valence-corrected chi connectivity index (χ0v) is 16.9. The summed E-state index contributed by atoms with van der Waals surface area (Å²) < 4.78 is 36.4. The maximum atomic E-state index is 12.1. The van der Waals surface area contributed by atoms with Crippen molar-refractivity contribution in [2.45, 2.75) is 50.2 Å². The third-order valence-corrected chi connectivity index (χ3v) is 4.18. The molecular weight excluding hydrogens is 390 g/mol. The number of anilines is 1. The van der Waals surface area contributed by atoms with Gasteiger partial charge in [0.2, 0.25) is 11.8 Å². The number of hydrogen-bond acceptors (Lipinski definition) is 6. The van der Waals surface area contributed by atoms with E-state index in [1.165, 1.54) is 25.2 Å². The first-order chi connectivity index (χ1) is 12.8. The van der Waals surface area contributed by atoms with E-state index in [2.05, 4.69) is 16.0 Å². The molecule has 28 heavy (non-hydrogen) atoms. The van der Waals surface area contributed by atoms with Gasteiger partial charge in [0.05, 0.1) is 4.90 Å². The van der Waals surface area contributed by atoms with Crippen molar-refractivity contribution in [3.8, 4) is 0 Å². The van der Waals surface area contributed by atoms with Crippen LogP contribution in [0.4, 0.5) is 10.5 Å². The lowest BCUT2D eigenvalue weighted by Gasteiger charge is -2.23. The van der Waals surface area contributed by atoms with Crippen LogP contribution in [0.3, 0.4) is 0 Å². The van der Waals surface area contributed by atoms with Gasteiger partial charge >= 0.3 is 6.09 Å². The molecule has 0 aliphatic rings. The molecule has 0 saturated carbocycles. The van der Waals surface area contributed by atoms with Gasteiger partial charge in [0.1, 0.15) is 11.6 Å². The molecule has 1 rings (SSSR count). The van der Waals surface area contributed by atoms with E-state index in [0.29, 0.717) is 0 Å². The Kier molecular flexibility index (Phi) is 7.94. The molecule has 0 aromatic heterocycles. The van der Waals surface area contributed by atoms with Gasteiger partial charge in [-0.25, -0.2) is 4.79 Å². The average molecular weight is 415 g/mol. The molecule has 0 saturated heterocycles. The Morgan fingerprint density at radius 3 is 2.39 bits per heavy atom. The van der Waals surface area contributed by atoms with Gasteiger partial charge in [0, 0.05) is 19.2 Å². The van der Waals surface area contributed by atoms with Gasteiger partial charge in [-0.3, -0.25) is 14.1 Å². The molecule has 10 nitrogen and oxygen atoms in total. The molecule has 0 radical (unpaired) electrons. The maximum absolute atomic E-state index is 12.1. The molecule has 0 heterocycles. The number of carbonyl (C=O) groups is 3. The minimum atomic E-state index is -4.40. The van der Waals surface area contributed by atoms with Crippen LogP contribution in [0.5, 0.6) is 0 Å². The van der Waals surface area contributed by atoms with Gasteiger partial charge < -0.3 is 20.7 Å². The molecule has 0 aliphatic carbocycles. The highest BCUT2D eigenvalue weighted by Crippen LogP contribution is 2.16. The van der Waals surface area contributed by atoms with Gasteiger partial charge in [-0.15, -0.1) is 0 Å². The van der Waals surface area contributed by atoms with E-state index >= 15 is 0 Å². The number of amides is 3. The number of hydrogen-bond donors (Lipinski definition) is 4. The fourth-order valence-electron chi connectivity index (χ4n) is 2.13. The third kappa shape index (κ3) is 8.35. The highest BCUT2D eigenvalue weighted by Gasteiger charge is 2.24. The van der Waals surface area contributed by atoms with Crippen LogP contribution in [0.25, 0.3) is 0 Å². The maximum Gasteiger partial charge on any atom is 0.408 e. The Balaban J connectivity index is 2.71. The van der Waals surface area contributed by atoms with Gasteiger partial charge in [-0.1, -0.05) is 6.07 Å². The Labute approximate surface area is 163 Å². The number of ether oxygens (including phenoxy) is 1. The standard InChI is InChI=1S/C17H25N3O7S/c1-17(2,3)27-16(23)20-13(15(22)18-4)8-9-14(21)19-11-6-5-7-12(10-11)28(24,25)26/h5-7,10,13H,8-9H2,1-4H3,(H,18,22)(H,19,21)(H,20,23)(H,24,25,26)/t13-/m0/s1. The number of alkyl carbamates (subject to hydrolysis) is 1. The second-order valence-corrected chi connectivity index (χ2v) is 8.32. The van der Waals surface area contributed by atoms with Crippen LogP contribution in [-0.4, -0.2) is 49.6 Å². The Morgan fingerprint density at radius 1 is 1.21 bits per heavy atom. The topological polar surface area (TPSA) is 151 Å². The molecule has 0 unspecified atom stereocenters. The first-order valence-electron chi connectivity index (χ1n) is 8.40. The van der Waals surface area contributed by atoms with Crippen molar-refractivity contribution in [2.24, 2.45) is 0 Å². The van der Waals surface area contributed by atoms with Crippen LogP contribution in [0.15, 0.2) is 29.2 Å². The summed E-state index contributed by atoms with van der Waals surface area (Å²) in [5, 5.41) is 7.27. The predicted octanol–water partition coefficient (Wildman–Crippen LogP) is 1.29. The van der Waals surface area contributed by atoms with E-state index < -0.39 is 39.7 Å². The molecular formula is C17H25N3O7S. The number of carbonyl (C=O) groups excluding carboxylic acids is 3. The zero-order valence-electron chi connectivity index (χ0n) is 16.1. The molecule has 0 spiro atoms. The van der Waals surface area contributed by atoms with E-state index in [4.69, 9.17) is 9.29 Å². The number of benzene rings is 1. The summed E-state index contributed by atoms with van der Waals surface area (Å²) in [5.74, 6) is -1.00. The summed E-state index contributed by atoms with van der Waals surface area (Å²) >= 11 is 0. The van der Waals surface area contributed by atoms with Crippen molar-refractivity contribution in [2.75, 3.05) is 12.4 Å². The highest BCUT2D eigenvalue weighted by molar-refractivity contribution is 7.85. The van der Waals surface area contributed by atoms with Crippen molar-refractivity contribution in [3.63, 3.8) is 0 Å². The minimum absolute atomic E-state index is 0.0112. The van der Waals surface area contributed by atoms with Crippen molar-refractivity contribution in [1.82, 2.24) is 10.6 Å². The van der Waals surface area contributed by atoms with Crippen LogP contribution in [0.1, 0.15) is 33.6 Å². The van der Waals surface area contributed by atoms with Crippen molar-refractivity contribution in [3.05, 3.63) is 24.3 Å². The quantitative estimate of drug-likeness (QED) is 0.490. The van der Waals surface area contributed by atoms with E-state index in [-0.39, 0.29) is 23.4 Å². The van der Waals surface area contributed by atoms with Crippen LogP contribution < -0.4 is 16.0 Å². The normalized spacial score (nSPS) is 12.6. The molecule has 11 heteroatoms. The molecule has 1 aromatic carbocycles. The summed E-state index contributed by atoms with van der Waals surface area (Å²) in [4.78, 5) is 35.5. The van der Waals surface area contributed by atoms with Gasteiger partial charge in [-0.05, 0) is 45.4 Å². The molecule has 0 aliphatic heterocycles. The number of likely N-dealkylation sites (N-methyl/N-ethyl adjacent to an activating group) is 1. The summed E-state index contributed by atoms with van der Waals surface area (Å²) in [6.07, 6.45) is -0.936. The SMILES string of the molecule is CNC(=O)[C@H](CCC(=O)Nc1cccc(S(=O)(=O)O)c1)NC(=O)OC(C)(C)C. The molecule has 1 atom stereocenters. The van der Waals surface area contributed by atoms with Gasteiger partial charge in [0.25, 0.3) is 10.1 Å². The van der Waals surface area contributed by atoms with Gasteiger partial charge in [0.15, 0.2) is 0 Å². The summed E-state index contributed by atoms with van der Waals surface area (Å²) in [6.45, 7) is 5.03. The largest absolute Gasteiger partial charge is 0.444 e. The summed E-state index contributed by atoms with van der Waals surface area (Å²) in [7, 11) is -3.00. The second kappa shape index (κ2) is 9.51. The number of rotatable bonds is 7. The van der Waals surface area contributed by atoms with E-state index in [0.717, 1.165) is 6.07 Å². The fourth-order valence-corrected chi connectivity index (χ4v) is 2.65. The van der Waals surface area contributed by atoms with Crippen molar-refractivity contribution in [1.29, 1.82) is 0 Å². The smallest absolute Gasteiger partial charge is 0.408 e. The predicted molar refractivity (Wildman–Crippen MR) is 101 cm³/mol. The summed E-state index contributed by atoms with van der Waals surface area (Å²) in [5.41, 5.74) is -0.580. The van der Waals surface area contributed by atoms with E-state index in [1.807, 2.05) is 0 Å². The first-order valence-corrected chi connectivity index (χ1v) is 9.84. The lowest BCUT2D eigenvalue weighted by atomic mass is 10.1. The van der Waals surface area contributed by atoms with Gasteiger partial charge in [-0.2, -0.15) is 8.42 Å². The van der Waals surface area contributed by atoms with Crippen LogP contribution >= 0.6 is 0 Å². The monoisotopic (exact) mass is 415 g/mol. The highest BCUT2D eigenvalue weighted by atomic mass is 32.2. The summed E-state index contributed by atoms with van der Waals surface area (Å²) in [6, 6.07) is 4.09. The Hall–Kier alpha value is -2.66. The molecule has 0 bridgehead atoms. The van der Waals surface area contributed by atoms with E-state index in [1.54, 1.807) is 20.8 Å². The van der Waals surface area contributed by atoms with Crippen LogP contribution in [-0.2, 0) is 24.4 Å². The first kappa shape index (κ1) is 23.4. The Morgan fingerprint density at radius 2 is 1.86 bits per heavy atom. The Bertz CT molecular complexity index is 831. The lowest BCUT2D eigenvalue weighted by Crippen LogP contribution is -2.47.